The van der Waals surface area contributed by atoms with E-state index < -0.39 is 0 Å². The highest BCUT2D eigenvalue weighted by Gasteiger charge is 2.60. The molecule has 0 bridgehead atoms. The number of hydrogen-bond acceptors (Lipinski definition) is 2. The molecule has 0 spiro atoms. The number of carbonyl (C=O) groups is 1. The molecule has 7 unspecified atom stereocenters. The van der Waals surface area contributed by atoms with Crippen LogP contribution in [0.3, 0.4) is 0 Å². The summed E-state index contributed by atoms with van der Waals surface area (Å²) in [4.78, 5) is 12.2. The van der Waals surface area contributed by atoms with Crippen LogP contribution in [0, 0.1) is 46.3 Å². The molecule has 0 aliphatic heterocycles. The van der Waals surface area contributed by atoms with E-state index >= 15 is 0 Å². The third-order valence-electron chi connectivity index (χ3n) is 9.42. The van der Waals surface area contributed by atoms with Crippen molar-refractivity contribution >= 4 is 5.78 Å². The van der Waals surface area contributed by atoms with E-state index in [0.29, 0.717) is 22.5 Å². The van der Waals surface area contributed by atoms with Gasteiger partial charge in [-0.25, -0.2) is 0 Å². The van der Waals surface area contributed by atoms with E-state index in [4.69, 9.17) is 0 Å². The number of carbonyl (C=O) groups excluding carboxylic acids is 1. The number of rotatable bonds is 1. The largest absolute Gasteiger partial charge is 0.388 e. The van der Waals surface area contributed by atoms with Crippen LogP contribution < -0.4 is 0 Å². The van der Waals surface area contributed by atoms with Crippen LogP contribution >= 0.6 is 0 Å². The Labute approximate surface area is 161 Å². The quantitative estimate of drug-likeness (QED) is 0.560. The third-order valence-corrected chi connectivity index (χ3v) is 9.42. The molecular formula is C24H42O2. The van der Waals surface area contributed by atoms with Crippen molar-refractivity contribution in [3.05, 3.63) is 0 Å². The van der Waals surface area contributed by atoms with Crippen molar-refractivity contribution in [3.63, 3.8) is 0 Å². The van der Waals surface area contributed by atoms with Crippen molar-refractivity contribution in [1.29, 1.82) is 0 Å². The van der Waals surface area contributed by atoms with Crippen LogP contribution in [0.25, 0.3) is 0 Å². The van der Waals surface area contributed by atoms with Gasteiger partial charge in [-0.3, -0.25) is 4.79 Å². The molecule has 0 heterocycles. The standard InChI is InChI=1S/C22H36O.C2H6O/c1-14-9-11-21(3)16(13-14)5-6-17-19-8-7-18(15(2)23)22(19,4)12-10-20(17)21;1-3-2/h14,16-20H,5-13H2,1-4H3;1-2H3/t14?,16?,17?,18-,19?,20?,21?,22?;/m1./s1. The normalized spacial score (nSPS) is 49.9. The van der Waals surface area contributed by atoms with E-state index in [1.807, 2.05) is 6.92 Å². The molecule has 0 aromatic heterocycles. The van der Waals surface area contributed by atoms with Gasteiger partial charge in [-0.2, -0.15) is 0 Å². The summed E-state index contributed by atoms with van der Waals surface area (Å²) in [6, 6.07) is 0. The monoisotopic (exact) mass is 362 g/mol. The van der Waals surface area contributed by atoms with Gasteiger partial charge < -0.3 is 4.74 Å². The average Bonchev–Trinajstić information content (AvgIpc) is 2.93. The van der Waals surface area contributed by atoms with E-state index in [-0.39, 0.29) is 0 Å². The molecular weight excluding hydrogens is 320 g/mol. The van der Waals surface area contributed by atoms with Crippen molar-refractivity contribution in [3.8, 4) is 0 Å². The first-order chi connectivity index (χ1) is 12.3. The van der Waals surface area contributed by atoms with Gasteiger partial charge in [-0.15, -0.1) is 0 Å². The first-order valence-electron chi connectivity index (χ1n) is 11.2. The molecule has 0 aromatic rings. The van der Waals surface area contributed by atoms with Crippen LogP contribution in [0.15, 0.2) is 0 Å². The minimum absolute atomic E-state index is 0.332. The van der Waals surface area contributed by atoms with Crippen molar-refractivity contribution in [2.45, 2.75) is 85.5 Å². The third kappa shape index (κ3) is 3.19. The van der Waals surface area contributed by atoms with Crippen LogP contribution in [0.5, 0.6) is 0 Å². The van der Waals surface area contributed by atoms with Gasteiger partial charge in [0.15, 0.2) is 0 Å². The molecule has 8 atom stereocenters. The molecule has 4 fully saturated rings. The van der Waals surface area contributed by atoms with Crippen molar-refractivity contribution in [2.75, 3.05) is 14.2 Å². The summed E-state index contributed by atoms with van der Waals surface area (Å²) in [5.74, 6) is 5.50. The van der Waals surface area contributed by atoms with Crippen LogP contribution in [-0.2, 0) is 9.53 Å². The number of hydrogen-bond donors (Lipinski definition) is 0. The Morgan fingerprint density at radius 1 is 0.885 bits per heavy atom. The fourth-order valence-corrected chi connectivity index (χ4v) is 8.14. The zero-order valence-electron chi connectivity index (χ0n) is 18.1. The number of ether oxygens (including phenoxy) is 1. The molecule has 0 radical (unpaired) electrons. The molecule has 0 N–H and O–H groups in total. The molecule has 150 valence electrons. The van der Waals surface area contributed by atoms with E-state index in [1.165, 1.54) is 57.8 Å². The summed E-state index contributed by atoms with van der Waals surface area (Å²) in [6.07, 6.45) is 12.6. The minimum Gasteiger partial charge on any atom is -0.388 e. The lowest BCUT2D eigenvalue weighted by Crippen LogP contribution is -2.53. The van der Waals surface area contributed by atoms with Gasteiger partial charge in [-0.05, 0) is 98.7 Å². The Kier molecular flexibility index (Phi) is 5.93. The number of ketones is 1. The summed E-state index contributed by atoms with van der Waals surface area (Å²) >= 11 is 0. The molecule has 4 saturated carbocycles. The summed E-state index contributed by atoms with van der Waals surface area (Å²) in [6.45, 7) is 9.45. The lowest BCUT2D eigenvalue weighted by molar-refractivity contribution is -0.135. The maximum Gasteiger partial charge on any atom is 0.133 e. The Hall–Kier alpha value is -0.370. The average molecular weight is 363 g/mol. The SMILES string of the molecule is CC(=O)[C@H]1CCC2C3CCC4CC(C)CCC4(C)C3CCC21C.COC. The predicted molar refractivity (Wildman–Crippen MR) is 108 cm³/mol. The Bertz CT molecular complexity index is 514. The summed E-state index contributed by atoms with van der Waals surface area (Å²) < 4.78 is 4.25. The Morgan fingerprint density at radius 3 is 2.15 bits per heavy atom. The highest BCUT2D eigenvalue weighted by atomic mass is 16.4. The molecule has 4 rings (SSSR count). The van der Waals surface area contributed by atoms with Crippen LogP contribution in [0.2, 0.25) is 0 Å². The molecule has 2 nitrogen and oxygen atoms in total. The molecule has 26 heavy (non-hydrogen) atoms. The van der Waals surface area contributed by atoms with E-state index in [0.717, 1.165) is 29.6 Å². The van der Waals surface area contributed by atoms with E-state index in [1.54, 1.807) is 14.2 Å². The minimum atomic E-state index is 0.332. The fourth-order valence-electron chi connectivity index (χ4n) is 8.14. The van der Waals surface area contributed by atoms with Gasteiger partial charge in [-0.1, -0.05) is 27.2 Å². The molecule has 0 amide bonds. The van der Waals surface area contributed by atoms with Crippen LogP contribution in [-0.4, -0.2) is 20.0 Å². The van der Waals surface area contributed by atoms with E-state index in [2.05, 4.69) is 25.5 Å². The highest BCUT2D eigenvalue weighted by molar-refractivity contribution is 5.79. The molecule has 0 saturated heterocycles. The second-order valence-electron chi connectivity index (χ2n) is 10.7. The van der Waals surface area contributed by atoms with Gasteiger partial charge in [0.2, 0.25) is 0 Å². The van der Waals surface area contributed by atoms with Gasteiger partial charge in [0, 0.05) is 20.1 Å². The highest BCUT2D eigenvalue weighted by Crippen LogP contribution is 2.67. The van der Waals surface area contributed by atoms with Crippen molar-refractivity contribution < 1.29 is 9.53 Å². The predicted octanol–water partition coefficient (Wildman–Crippen LogP) is 6.13. The van der Waals surface area contributed by atoms with Gasteiger partial charge in [0.25, 0.3) is 0 Å². The molecule has 4 aliphatic carbocycles. The summed E-state index contributed by atoms with van der Waals surface area (Å²) in [7, 11) is 3.25. The van der Waals surface area contributed by atoms with Gasteiger partial charge in [0.05, 0.1) is 0 Å². The van der Waals surface area contributed by atoms with Crippen LogP contribution in [0.4, 0.5) is 0 Å². The van der Waals surface area contributed by atoms with Gasteiger partial charge in [0.1, 0.15) is 5.78 Å². The summed E-state index contributed by atoms with van der Waals surface area (Å²) in [5.41, 5.74) is 0.948. The Balaban J connectivity index is 0.000000613. The lowest BCUT2D eigenvalue weighted by atomic mass is 9.44. The van der Waals surface area contributed by atoms with Crippen molar-refractivity contribution in [1.82, 2.24) is 0 Å². The molecule has 2 heteroatoms. The van der Waals surface area contributed by atoms with E-state index in [9.17, 15) is 4.79 Å². The maximum absolute atomic E-state index is 12.2. The van der Waals surface area contributed by atoms with Crippen LogP contribution in [0.1, 0.15) is 85.5 Å². The number of Topliss-reactive ketones (excluding diaryl/α,β-unsaturated/α-hetero) is 1. The number of methoxy groups -OCH3 is 1. The van der Waals surface area contributed by atoms with Crippen molar-refractivity contribution in [2.24, 2.45) is 46.3 Å². The molecule has 0 aromatic carbocycles. The summed E-state index contributed by atoms with van der Waals surface area (Å²) in [5, 5.41) is 0. The molecule has 4 aliphatic rings. The second kappa shape index (κ2) is 7.57. The zero-order chi connectivity index (χ0) is 19.1. The first kappa shape index (κ1) is 20.4. The smallest absolute Gasteiger partial charge is 0.133 e. The number of fused-ring (bicyclic) bond motifs is 5. The maximum atomic E-state index is 12.2. The van der Waals surface area contributed by atoms with Gasteiger partial charge >= 0.3 is 0 Å². The first-order valence-corrected chi connectivity index (χ1v) is 11.2. The Morgan fingerprint density at radius 2 is 1.50 bits per heavy atom. The second-order valence-corrected chi connectivity index (χ2v) is 10.7. The topological polar surface area (TPSA) is 26.3 Å². The lowest BCUT2D eigenvalue weighted by Gasteiger charge is -2.61. The zero-order valence-corrected chi connectivity index (χ0v) is 18.1. The fraction of sp³-hybridized carbons (Fsp3) is 0.958.